The van der Waals surface area contributed by atoms with Crippen LogP contribution in [0.25, 0.3) is 0 Å². The van der Waals surface area contributed by atoms with Gasteiger partial charge in [-0.2, -0.15) is 22.0 Å². The van der Waals surface area contributed by atoms with Gasteiger partial charge in [0.25, 0.3) is 0 Å². The fourth-order valence-corrected chi connectivity index (χ4v) is 0.939. The van der Waals surface area contributed by atoms with Crippen LogP contribution in [-0.4, -0.2) is 12.1 Å². The molecule has 0 aromatic carbocycles. The van der Waals surface area contributed by atoms with Gasteiger partial charge in [-0.25, -0.2) is 0 Å². The van der Waals surface area contributed by atoms with Crippen molar-refractivity contribution in [2.24, 2.45) is 0 Å². The highest BCUT2D eigenvalue weighted by atomic mass is 19.4. The van der Waals surface area contributed by atoms with Gasteiger partial charge in [-0.15, -0.1) is 0 Å². The van der Waals surface area contributed by atoms with Gasteiger partial charge in [-0.1, -0.05) is 42.5 Å². The molecule has 0 aromatic rings. The number of hydrogen-bond donors (Lipinski definition) is 0. The summed E-state index contributed by atoms with van der Waals surface area (Å²) >= 11 is 0. The van der Waals surface area contributed by atoms with Crippen molar-refractivity contribution in [1.82, 2.24) is 0 Å². The molecule has 1 rings (SSSR count). The second kappa shape index (κ2) is 4.00. The van der Waals surface area contributed by atoms with Gasteiger partial charge in [0, 0.05) is 5.57 Å². The molecule has 1 aliphatic rings. The molecular weight excluding hydrogens is 215 g/mol. The van der Waals surface area contributed by atoms with Crippen LogP contribution in [0.4, 0.5) is 22.0 Å². The maximum absolute atomic E-state index is 12.8. The Balaban J connectivity index is 3.06. The van der Waals surface area contributed by atoms with E-state index in [0.29, 0.717) is 0 Å². The Morgan fingerprint density at radius 3 is 1.87 bits per heavy atom. The van der Waals surface area contributed by atoms with Crippen LogP contribution in [0.1, 0.15) is 0 Å². The maximum Gasteiger partial charge on any atom is 0.458 e. The third-order valence-corrected chi connectivity index (χ3v) is 1.71. The molecule has 0 bridgehead atoms. The molecule has 0 spiro atoms. The Morgan fingerprint density at radius 2 is 1.27 bits per heavy atom. The smallest absolute Gasteiger partial charge is 0.191 e. The minimum atomic E-state index is -5.57. The lowest BCUT2D eigenvalue weighted by molar-refractivity contribution is -0.262. The molecule has 0 aliphatic heterocycles. The minimum absolute atomic E-state index is 0.744. The van der Waals surface area contributed by atoms with Crippen LogP contribution in [0, 0.1) is 0 Å². The molecule has 0 aromatic heterocycles. The molecule has 82 valence electrons. The number of rotatable bonds is 1. The van der Waals surface area contributed by atoms with E-state index in [-0.39, 0.29) is 0 Å². The minimum Gasteiger partial charge on any atom is -0.191 e. The first kappa shape index (κ1) is 11.7. The lowest BCUT2D eigenvalue weighted by atomic mass is 10.1. The predicted octanol–water partition coefficient (Wildman–Crippen LogP) is 3.79. The fourth-order valence-electron chi connectivity index (χ4n) is 0.939. The first-order valence-corrected chi connectivity index (χ1v) is 4.02. The van der Waals surface area contributed by atoms with Gasteiger partial charge >= 0.3 is 12.1 Å². The molecule has 0 amide bonds. The largest absolute Gasteiger partial charge is 0.458 e. The highest BCUT2D eigenvalue weighted by Gasteiger charge is 2.59. The lowest BCUT2D eigenvalue weighted by Gasteiger charge is -2.20. The van der Waals surface area contributed by atoms with Crippen molar-refractivity contribution in [2.75, 3.05) is 0 Å². The molecule has 15 heavy (non-hydrogen) atoms. The van der Waals surface area contributed by atoms with Crippen molar-refractivity contribution in [3.8, 4) is 0 Å². The molecule has 0 radical (unpaired) electrons. The SMILES string of the molecule is FC(F)(F)C(F)(F)C1=C/C=C\C=C/C=C\1. The zero-order valence-electron chi connectivity index (χ0n) is 7.43. The topological polar surface area (TPSA) is 0 Å². The quantitative estimate of drug-likeness (QED) is 0.592. The highest BCUT2D eigenvalue weighted by molar-refractivity contribution is 5.36. The van der Waals surface area contributed by atoms with Gasteiger partial charge in [0.1, 0.15) is 0 Å². The van der Waals surface area contributed by atoms with Gasteiger partial charge in [0.2, 0.25) is 0 Å². The average Bonchev–Trinajstić information content (AvgIpc) is 1.99. The van der Waals surface area contributed by atoms with E-state index in [0.717, 1.165) is 24.3 Å². The van der Waals surface area contributed by atoms with Gasteiger partial charge < -0.3 is 0 Å². The van der Waals surface area contributed by atoms with Gasteiger partial charge in [0.15, 0.2) is 0 Å². The van der Waals surface area contributed by atoms with Gasteiger partial charge in [-0.3, -0.25) is 0 Å². The number of allylic oxidation sites excluding steroid dienone is 8. The summed E-state index contributed by atoms with van der Waals surface area (Å²) in [6, 6.07) is 0. The monoisotopic (exact) mass is 222 g/mol. The average molecular weight is 222 g/mol. The number of alkyl halides is 5. The van der Waals surface area contributed by atoms with E-state index in [2.05, 4.69) is 0 Å². The summed E-state index contributed by atoms with van der Waals surface area (Å²) in [6.45, 7) is 0. The normalized spacial score (nSPS) is 27.1. The Hall–Kier alpha value is -1.39. The van der Waals surface area contributed by atoms with E-state index in [1.807, 2.05) is 0 Å². The van der Waals surface area contributed by atoms with Gasteiger partial charge in [-0.05, 0) is 0 Å². The Kier molecular flexibility index (Phi) is 3.12. The van der Waals surface area contributed by atoms with Crippen molar-refractivity contribution >= 4 is 0 Å². The highest BCUT2D eigenvalue weighted by Crippen LogP contribution is 2.41. The zero-order valence-corrected chi connectivity index (χ0v) is 7.43. The van der Waals surface area contributed by atoms with Crippen LogP contribution in [-0.2, 0) is 0 Å². The van der Waals surface area contributed by atoms with E-state index in [4.69, 9.17) is 0 Å². The first-order valence-electron chi connectivity index (χ1n) is 4.02. The second-order valence-corrected chi connectivity index (χ2v) is 2.82. The van der Waals surface area contributed by atoms with E-state index >= 15 is 0 Å². The van der Waals surface area contributed by atoms with Crippen LogP contribution in [0.2, 0.25) is 0 Å². The van der Waals surface area contributed by atoms with Crippen molar-refractivity contribution < 1.29 is 22.0 Å². The molecule has 0 nitrogen and oxygen atoms in total. The fraction of sp³-hybridized carbons (Fsp3) is 0.200. The van der Waals surface area contributed by atoms with Crippen LogP contribution in [0.5, 0.6) is 0 Å². The van der Waals surface area contributed by atoms with Crippen LogP contribution in [0.15, 0.2) is 48.1 Å². The van der Waals surface area contributed by atoms with Crippen molar-refractivity contribution in [1.29, 1.82) is 0 Å². The predicted molar refractivity (Wildman–Crippen MR) is 46.5 cm³/mol. The summed E-state index contributed by atoms with van der Waals surface area (Å²) in [5.74, 6) is -4.82. The summed E-state index contributed by atoms with van der Waals surface area (Å²) in [7, 11) is 0. The van der Waals surface area contributed by atoms with E-state index in [1.165, 1.54) is 18.2 Å². The van der Waals surface area contributed by atoms with Crippen LogP contribution in [0.3, 0.4) is 0 Å². The summed E-state index contributed by atoms with van der Waals surface area (Å²) < 4.78 is 61.6. The molecule has 0 saturated heterocycles. The Labute approximate surface area is 83.1 Å². The standard InChI is InChI=1S/C10H7F5/c11-9(12,10(13,14)15)8-6-4-2-1-3-5-7-8/h1-7H/b2-1-,3-1?,4-2?,5-3-,6-4-,7-5?,8-6?,8-7+. The molecule has 0 unspecified atom stereocenters. The summed E-state index contributed by atoms with van der Waals surface area (Å²) in [4.78, 5) is 0. The van der Waals surface area contributed by atoms with Crippen molar-refractivity contribution in [3.05, 3.63) is 48.1 Å². The summed E-state index contributed by atoms with van der Waals surface area (Å²) in [5.41, 5.74) is -1.07. The molecule has 0 fully saturated rings. The van der Waals surface area contributed by atoms with Crippen molar-refractivity contribution in [2.45, 2.75) is 12.1 Å². The van der Waals surface area contributed by atoms with E-state index in [9.17, 15) is 22.0 Å². The Bertz CT molecular complexity index is 341. The first-order chi connectivity index (χ1) is 6.86. The van der Waals surface area contributed by atoms with Crippen molar-refractivity contribution in [3.63, 3.8) is 0 Å². The Morgan fingerprint density at radius 1 is 0.733 bits per heavy atom. The van der Waals surface area contributed by atoms with Crippen LogP contribution >= 0.6 is 0 Å². The summed E-state index contributed by atoms with van der Waals surface area (Å²) in [6.07, 6.45) is 2.45. The maximum atomic E-state index is 12.8. The lowest BCUT2D eigenvalue weighted by Crippen LogP contribution is -2.37. The zero-order chi connectivity index (χ0) is 11.5. The molecular formula is C10H7F5. The third-order valence-electron chi connectivity index (χ3n) is 1.71. The van der Waals surface area contributed by atoms with E-state index < -0.39 is 17.7 Å². The molecule has 0 saturated carbocycles. The molecule has 0 heterocycles. The number of halogens is 5. The molecule has 0 atom stereocenters. The van der Waals surface area contributed by atoms with E-state index in [1.54, 1.807) is 0 Å². The number of hydrogen-bond acceptors (Lipinski definition) is 0. The van der Waals surface area contributed by atoms with Crippen LogP contribution < -0.4 is 0 Å². The molecule has 5 heteroatoms. The summed E-state index contributed by atoms with van der Waals surface area (Å²) in [5, 5.41) is 0. The molecule has 1 aliphatic carbocycles. The van der Waals surface area contributed by atoms with Gasteiger partial charge in [0.05, 0.1) is 0 Å². The third kappa shape index (κ3) is 2.55. The molecule has 0 N–H and O–H groups in total. The second-order valence-electron chi connectivity index (χ2n) is 2.82.